The Kier molecular flexibility index (Phi) is 5.09. The fraction of sp³-hybridized carbons (Fsp3) is 0.286. The van der Waals surface area contributed by atoms with E-state index in [9.17, 15) is 0 Å². The number of anilines is 1. The Morgan fingerprint density at radius 1 is 1.06 bits per heavy atom. The topological polar surface area (TPSA) is 41.1 Å². The van der Waals surface area contributed by atoms with Crippen molar-refractivity contribution >= 4 is 22.3 Å². The van der Waals surface area contributed by atoms with Gasteiger partial charge < -0.3 is 10.2 Å². The third-order valence-corrected chi connectivity index (χ3v) is 6.62. The van der Waals surface area contributed by atoms with Gasteiger partial charge in [0, 0.05) is 30.4 Å². The maximum Gasteiger partial charge on any atom is 0.138 e. The average Bonchev–Trinajstić information content (AvgIpc) is 3.26. The molecule has 2 aromatic carbocycles. The summed E-state index contributed by atoms with van der Waals surface area (Å²) in [5, 5.41) is 4.80. The zero-order valence-electron chi connectivity index (χ0n) is 19.4. The molecule has 0 unspecified atom stereocenters. The lowest BCUT2D eigenvalue weighted by atomic mass is 9.93. The number of aryl methyl sites for hydroxylation is 3. The largest absolute Gasteiger partial charge is 0.363 e. The van der Waals surface area contributed by atoms with Crippen molar-refractivity contribution in [2.24, 2.45) is 0 Å². The lowest BCUT2D eigenvalue weighted by Gasteiger charge is -2.23. The average molecular weight is 423 g/mol. The Hall–Kier alpha value is -3.40. The fourth-order valence-electron chi connectivity index (χ4n) is 4.87. The van der Waals surface area contributed by atoms with Crippen LogP contribution in [0.1, 0.15) is 53.0 Å². The van der Waals surface area contributed by atoms with Crippen molar-refractivity contribution in [2.75, 3.05) is 12.4 Å². The van der Waals surface area contributed by atoms with Crippen LogP contribution in [0.5, 0.6) is 0 Å². The highest BCUT2D eigenvalue weighted by atomic mass is 15.1. The Morgan fingerprint density at radius 3 is 2.66 bits per heavy atom. The van der Waals surface area contributed by atoms with Crippen molar-refractivity contribution < 1.29 is 0 Å². The van der Waals surface area contributed by atoms with Crippen molar-refractivity contribution in [3.05, 3.63) is 94.6 Å². The van der Waals surface area contributed by atoms with Gasteiger partial charge in [-0.2, -0.15) is 0 Å². The van der Waals surface area contributed by atoms with Crippen molar-refractivity contribution in [3.8, 4) is 0 Å². The number of allylic oxidation sites excluding steroid dienone is 3. The molecule has 5 rings (SSSR count). The van der Waals surface area contributed by atoms with Gasteiger partial charge in [-0.25, -0.2) is 9.97 Å². The van der Waals surface area contributed by atoms with Gasteiger partial charge in [-0.1, -0.05) is 42.5 Å². The summed E-state index contributed by atoms with van der Waals surface area (Å²) in [6, 6.07) is 11.1. The lowest BCUT2D eigenvalue weighted by Crippen LogP contribution is -2.12. The second kappa shape index (κ2) is 7.94. The normalized spacial score (nSPS) is 16.3. The number of nitrogens with one attached hydrogen (secondary N) is 1. The van der Waals surface area contributed by atoms with E-state index in [1.165, 1.54) is 39.8 Å². The summed E-state index contributed by atoms with van der Waals surface area (Å²) in [6.07, 6.45) is 9.79. The monoisotopic (exact) mass is 422 g/mol. The summed E-state index contributed by atoms with van der Waals surface area (Å²) >= 11 is 0. The minimum absolute atomic E-state index is 0.146. The zero-order valence-corrected chi connectivity index (χ0v) is 19.4. The van der Waals surface area contributed by atoms with E-state index in [1.54, 1.807) is 0 Å². The number of aromatic nitrogens is 2. The molecule has 3 aromatic rings. The molecule has 1 aromatic heterocycles. The van der Waals surface area contributed by atoms with Crippen LogP contribution in [0.2, 0.25) is 0 Å². The smallest absolute Gasteiger partial charge is 0.138 e. The molecule has 1 atom stereocenters. The number of rotatable bonds is 4. The van der Waals surface area contributed by atoms with Crippen molar-refractivity contribution in [2.45, 2.75) is 46.1 Å². The molecule has 0 radical (unpaired) electrons. The molecular weight excluding hydrogens is 392 g/mol. The van der Waals surface area contributed by atoms with Gasteiger partial charge in [0.15, 0.2) is 0 Å². The first-order valence-corrected chi connectivity index (χ1v) is 11.4. The minimum atomic E-state index is 0.146. The van der Waals surface area contributed by atoms with Gasteiger partial charge in [0.2, 0.25) is 0 Å². The Labute approximate surface area is 190 Å². The molecule has 4 nitrogen and oxygen atoms in total. The van der Waals surface area contributed by atoms with Crippen LogP contribution < -0.4 is 5.32 Å². The molecule has 0 bridgehead atoms. The van der Waals surface area contributed by atoms with E-state index in [-0.39, 0.29) is 6.04 Å². The first-order valence-electron chi connectivity index (χ1n) is 11.4. The highest BCUT2D eigenvalue weighted by Gasteiger charge is 2.24. The number of likely N-dealkylation sites (N-methyl/N-ethyl adjacent to an activating group) is 1. The fourth-order valence-corrected chi connectivity index (χ4v) is 4.87. The number of hydrogen-bond donors (Lipinski definition) is 1. The second-order valence-electron chi connectivity index (χ2n) is 9.05. The summed E-state index contributed by atoms with van der Waals surface area (Å²) < 4.78 is 0. The van der Waals surface area contributed by atoms with Crippen LogP contribution in [0.3, 0.4) is 0 Å². The van der Waals surface area contributed by atoms with E-state index in [0.29, 0.717) is 0 Å². The Bertz CT molecular complexity index is 1300. The van der Waals surface area contributed by atoms with E-state index in [0.717, 1.165) is 41.1 Å². The van der Waals surface area contributed by atoms with Gasteiger partial charge in [-0.3, -0.25) is 0 Å². The van der Waals surface area contributed by atoms with Gasteiger partial charge in [-0.05, 0) is 80.0 Å². The van der Waals surface area contributed by atoms with Crippen molar-refractivity contribution in [1.29, 1.82) is 0 Å². The summed E-state index contributed by atoms with van der Waals surface area (Å²) in [6.45, 7) is 10.4. The highest BCUT2D eigenvalue weighted by molar-refractivity contribution is 5.97. The molecule has 1 aliphatic carbocycles. The molecule has 0 saturated carbocycles. The molecule has 1 N–H and O–H groups in total. The first-order chi connectivity index (χ1) is 15.4. The molecular formula is C28H30N4. The summed E-state index contributed by atoms with van der Waals surface area (Å²) in [7, 11) is 2.05. The maximum absolute atomic E-state index is 4.90. The van der Waals surface area contributed by atoms with Crippen LogP contribution in [0.25, 0.3) is 16.5 Å². The molecule has 0 saturated heterocycles. The molecule has 4 heteroatoms. The SMILES string of the molecule is C=C1C=CC(c2cc3c(N[C@H](C)c4cccc(C)c4)nc(C)nc3c3c2CCC3)=CN1C. The Balaban J connectivity index is 1.65. The lowest BCUT2D eigenvalue weighted by molar-refractivity contribution is 0.589. The summed E-state index contributed by atoms with van der Waals surface area (Å²) in [4.78, 5) is 11.8. The predicted octanol–water partition coefficient (Wildman–Crippen LogP) is 6.26. The van der Waals surface area contributed by atoms with E-state index in [1.807, 2.05) is 6.92 Å². The van der Waals surface area contributed by atoms with Crippen molar-refractivity contribution in [1.82, 2.24) is 14.9 Å². The molecule has 32 heavy (non-hydrogen) atoms. The van der Waals surface area contributed by atoms with Gasteiger partial charge in [0.05, 0.1) is 5.52 Å². The number of hydrogen-bond acceptors (Lipinski definition) is 4. The summed E-state index contributed by atoms with van der Waals surface area (Å²) in [5.74, 6) is 1.72. The minimum Gasteiger partial charge on any atom is -0.363 e. The van der Waals surface area contributed by atoms with Crippen molar-refractivity contribution in [3.63, 3.8) is 0 Å². The van der Waals surface area contributed by atoms with Gasteiger partial charge in [0.1, 0.15) is 11.6 Å². The standard InChI is InChI=1S/C28H30N4/c1-17-8-6-9-21(14-17)19(3)29-28-26-15-25(22-13-12-18(2)32(5)16-22)23-10-7-11-24(23)27(26)30-20(4)31-28/h6,8-9,12-16,19H,2,7,10-11H2,1,3-5H3,(H,29,30,31)/t19-/m1/s1. The van der Waals surface area contributed by atoms with E-state index in [4.69, 9.17) is 9.97 Å². The van der Waals surface area contributed by atoms with Crippen LogP contribution in [-0.4, -0.2) is 21.9 Å². The molecule has 162 valence electrons. The molecule has 2 heterocycles. The Morgan fingerprint density at radius 2 is 1.88 bits per heavy atom. The third kappa shape index (κ3) is 3.60. The quantitative estimate of drug-likeness (QED) is 0.538. The number of nitrogens with zero attached hydrogens (tertiary/aromatic N) is 3. The molecule has 0 amide bonds. The highest BCUT2D eigenvalue weighted by Crippen LogP contribution is 2.39. The maximum atomic E-state index is 4.90. The van der Waals surface area contributed by atoms with E-state index in [2.05, 4.69) is 86.4 Å². The van der Waals surface area contributed by atoms with Crippen LogP contribution in [-0.2, 0) is 12.8 Å². The van der Waals surface area contributed by atoms with E-state index >= 15 is 0 Å². The second-order valence-corrected chi connectivity index (χ2v) is 9.05. The zero-order chi connectivity index (χ0) is 22.4. The molecule has 0 fully saturated rings. The first kappa shape index (κ1) is 20.5. The van der Waals surface area contributed by atoms with Gasteiger partial charge in [0.25, 0.3) is 0 Å². The predicted molar refractivity (Wildman–Crippen MR) is 134 cm³/mol. The van der Waals surface area contributed by atoms with Crippen LogP contribution in [0.15, 0.2) is 61.0 Å². The van der Waals surface area contributed by atoms with Crippen LogP contribution in [0, 0.1) is 13.8 Å². The summed E-state index contributed by atoms with van der Waals surface area (Å²) in [5.41, 5.74) is 9.96. The number of benzene rings is 2. The van der Waals surface area contributed by atoms with Crippen LogP contribution in [0.4, 0.5) is 5.82 Å². The van der Waals surface area contributed by atoms with E-state index < -0.39 is 0 Å². The molecule has 2 aliphatic rings. The molecule has 0 spiro atoms. The molecule has 1 aliphatic heterocycles. The number of fused-ring (bicyclic) bond motifs is 3. The third-order valence-electron chi connectivity index (χ3n) is 6.62. The van der Waals surface area contributed by atoms with Crippen LogP contribution >= 0.6 is 0 Å². The van der Waals surface area contributed by atoms with Gasteiger partial charge in [-0.15, -0.1) is 0 Å². The van der Waals surface area contributed by atoms with Gasteiger partial charge >= 0.3 is 0 Å².